The molecular weight excluding hydrogens is 192 g/mol. The van der Waals surface area contributed by atoms with Crippen molar-refractivity contribution in [3.8, 4) is 0 Å². The van der Waals surface area contributed by atoms with Crippen LogP contribution in [0.1, 0.15) is 44.0 Å². The van der Waals surface area contributed by atoms with E-state index in [0.717, 1.165) is 18.5 Å². The summed E-state index contributed by atoms with van der Waals surface area (Å²) in [6.45, 7) is 3.96. The molecule has 82 valence electrons. The van der Waals surface area contributed by atoms with Gasteiger partial charge in [-0.1, -0.05) is 20.3 Å². The Morgan fingerprint density at radius 3 is 2.73 bits per heavy atom. The lowest BCUT2D eigenvalue weighted by atomic mass is 9.99. The molecule has 0 aliphatic rings. The van der Waals surface area contributed by atoms with Gasteiger partial charge in [0.05, 0.1) is 11.6 Å². The second-order valence-electron chi connectivity index (χ2n) is 3.47. The van der Waals surface area contributed by atoms with E-state index in [4.69, 9.17) is 5.11 Å². The fourth-order valence-corrected chi connectivity index (χ4v) is 1.49. The van der Waals surface area contributed by atoms with Gasteiger partial charge in [-0.2, -0.15) is 0 Å². The summed E-state index contributed by atoms with van der Waals surface area (Å²) in [6, 6.07) is 1.79. The van der Waals surface area contributed by atoms with Crippen LogP contribution in [0.2, 0.25) is 0 Å². The number of hydrogen-bond donors (Lipinski definition) is 1. The Balaban J connectivity index is 2.94. The summed E-state index contributed by atoms with van der Waals surface area (Å²) < 4.78 is 0. The van der Waals surface area contributed by atoms with Gasteiger partial charge in [-0.15, -0.1) is 0 Å². The number of carboxylic acids is 1. The van der Waals surface area contributed by atoms with Crippen LogP contribution in [0.3, 0.4) is 0 Å². The number of aryl methyl sites for hydroxylation is 1. The molecule has 0 aliphatic carbocycles. The molecule has 0 spiro atoms. The summed E-state index contributed by atoms with van der Waals surface area (Å²) in [5.41, 5.74) is 1.51. The highest BCUT2D eigenvalue weighted by Crippen LogP contribution is 2.19. The molecule has 1 aromatic heterocycles. The van der Waals surface area contributed by atoms with E-state index in [2.05, 4.69) is 9.97 Å². The first-order valence-electron chi connectivity index (χ1n) is 5.22. The Hall–Kier alpha value is -1.45. The van der Waals surface area contributed by atoms with Gasteiger partial charge in [-0.3, -0.25) is 4.79 Å². The summed E-state index contributed by atoms with van der Waals surface area (Å²) >= 11 is 0. The number of carbonyl (C=O) groups is 1. The Morgan fingerprint density at radius 2 is 2.20 bits per heavy atom. The fourth-order valence-electron chi connectivity index (χ4n) is 1.49. The summed E-state index contributed by atoms with van der Waals surface area (Å²) in [7, 11) is 0. The van der Waals surface area contributed by atoms with Crippen molar-refractivity contribution in [1.82, 2.24) is 9.97 Å². The van der Waals surface area contributed by atoms with E-state index in [1.54, 1.807) is 6.07 Å². The van der Waals surface area contributed by atoms with Gasteiger partial charge in [0.1, 0.15) is 6.33 Å². The third-order valence-corrected chi connectivity index (χ3v) is 2.34. The molecule has 1 heterocycles. The number of aromatic nitrogens is 2. The quantitative estimate of drug-likeness (QED) is 0.803. The maximum atomic E-state index is 11.0. The Kier molecular flexibility index (Phi) is 4.21. The molecule has 1 rings (SSSR count). The Bertz CT molecular complexity index is 339. The molecule has 0 amide bonds. The molecule has 1 aromatic rings. The van der Waals surface area contributed by atoms with Gasteiger partial charge in [0.15, 0.2) is 0 Å². The predicted octanol–water partition coefficient (Wildman–Crippen LogP) is 2.01. The number of carboxylic acid groups (broad SMARTS) is 1. The van der Waals surface area contributed by atoms with Gasteiger partial charge < -0.3 is 5.11 Å². The van der Waals surface area contributed by atoms with Gasteiger partial charge in [0.25, 0.3) is 0 Å². The third-order valence-electron chi connectivity index (χ3n) is 2.34. The van der Waals surface area contributed by atoms with Crippen LogP contribution < -0.4 is 0 Å². The highest BCUT2D eigenvalue weighted by molar-refractivity contribution is 5.75. The number of rotatable bonds is 5. The van der Waals surface area contributed by atoms with Crippen LogP contribution in [-0.4, -0.2) is 21.0 Å². The van der Waals surface area contributed by atoms with Gasteiger partial charge in [-0.25, -0.2) is 9.97 Å². The van der Waals surface area contributed by atoms with Crippen molar-refractivity contribution in [2.45, 2.75) is 39.0 Å². The molecule has 0 saturated heterocycles. The van der Waals surface area contributed by atoms with Gasteiger partial charge in [0.2, 0.25) is 0 Å². The minimum Gasteiger partial charge on any atom is -0.481 e. The lowest BCUT2D eigenvalue weighted by Gasteiger charge is -2.10. The minimum atomic E-state index is -0.808. The molecule has 1 N–H and O–H groups in total. The second-order valence-corrected chi connectivity index (χ2v) is 3.47. The topological polar surface area (TPSA) is 63.1 Å². The van der Waals surface area contributed by atoms with Gasteiger partial charge >= 0.3 is 5.97 Å². The molecule has 1 unspecified atom stereocenters. The van der Waals surface area contributed by atoms with Gasteiger partial charge in [-0.05, 0) is 18.9 Å². The van der Waals surface area contributed by atoms with Crippen LogP contribution >= 0.6 is 0 Å². The predicted molar refractivity (Wildman–Crippen MR) is 56.7 cm³/mol. The molecular formula is C11H16N2O2. The van der Waals surface area contributed by atoms with Crippen molar-refractivity contribution >= 4 is 5.97 Å². The van der Waals surface area contributed by atoms with E-state index in [9.17, 15) is 4.79 Å². The number of nitrogens with zero attached hydrogens (tertiary/aromatic N) is 2. The fraction of sp³-hybridized carbons (Fsp3) is 0.545. The highest BCUT2D eigenvalue weighted by atomic mass is 16.4. The first kappa shape index (κ1) is 11.6. The average Bonchev–Trinajstić information content (AvgIpc) is 2.25. The monoisotopic (exact) mass is 208 g/mol. The van der Waals surface area contributed by atoms with Crippen LogP contribution in [-0.2, 0) is 11.2 Å². The van der Waals surface area contributed by atoms with E-state index in [1.807, 2.05) is 13.8 Å². The largest absolute Gasteiger partial charge is 0.481 e. The number of aliphatic carboxylic acids is 1. The third kappa shape index (κ3) is 3.01. The zero-order valence-corrected chi connectivity index (χ0v) is 9.10. The molecule has 15 heavy (non-hydrogen) atoms. The summed E-state index contributed by atoms with van der Waals surface area (Å²) in [4.78, 5) is 19.1. The van der Waals surface area contributed by atoms with E-state index in [0.29, 0.717) is 12.1 Å². The number of hydrogen-bond acceptors (Lipinski definition) is 3. The Labute approximate surface area is 89.4 Å². The van der Waals surface area contributed by atoms with Crippen LogP contribution in [0.5, 0.6) is 0 Å². The SMILES string of the molecule is CCCC(C(=O)O)c1cc(CC)ncn1. The van der Waals surface area contributed by atoms with Crippen molar-refractivity contribution in [1.29, 1.82) is 0 Å². The van der Waals surface area contributed by atoms with Crippen molar-refractivity contribution < 1.29 is 9.90 Å². The molecule has 0 aliphatic heterocycles. The molecule has 0 bridgehead atoms. The van der Waals surface area contributed by atoms with E-state index < -0.39 is 11.9 Å². The standard InChI is InChI=1S/C11H16N2O2/c1-3-5-9(11(14)15)10-6-8(4-2)12-7-13-10/h6-7,9H,3-5H2,1-2H3,(H,14,15). The smallest absolute Gasteiger partial charge is 0.312 e. The average molecular weight is 208 g/mol. The summed E-state index contributed by atoms with van der Waals surface area (Å²) in [5.74, 6) is -1.30. The molecule has 0 radical (unpaired) electrons. The molecule has 0 fully saturated rings. The van der Waals surface area contributed by atoms with Crippen LogP contribution in [0.15, 0.2) is 12.4 Å². The van der Waals surface area contributed by atoms with E-state index in [-0.39, 0.29) is 0 Å². The normalized spacial score (nSPS) is 12.4. The van der Waals surface area contributed by atoms with Gasteiger partial charge in [0, 0.05) is 5.69 Å². The maximum Gasteiger partial charge on any atom is 0.312 e. The lowest BCUT2D eigenvalue weighted by Crippen LogP contribution is -2.13. The maximum absolute atomic E-state index is 11.0. The van der Waals surface area contributed by atoms with Crippen LogP contribution in [0.25, 0.3) is 0 Å². The van der Waals surface area contributed by atoms with E-state index in [1.165, 1.54) is 6.33 Å². The van der Waals surface area contributed by atoms with Crippen molar-refractivity contribution in [3.63, 3.8) is 0 Å². The molecule has 0 saturated carbocycles. The van der Waals surface area contributed by atoms with Crippen molar-refractivity contribution in [2.75, 3.05) is 0 Å². The minimum absolute atomic E-state index is 0.497. The van der Waals surface area contributed by atoms with Crippen LogP contribution in [0, 0.1) is 0 Å². The zero-order valence-electron chi connectivity index (χ0n) is 9.10. The van der Waals surface area contributed by atoms with Crippen molar-refractivity contribution in [3.05, 3.63) is 23.8 Å². The van der Waals surface area contributed by atoms with E-state index >= 15 is 0 Å². The highest BCUT2D eigenvalue weighted by Gasteiger charge is 2.20. The first-order valence-corrected chi connectivity index (χ1v) is 5.22. The molecule has 4 heteroatoms. The second kappa shape index (κ2) is 5.44. The first-order chi connectivity index (χ1) is 7.19. The molecule has 0 aromatic carbocycles. The Morgan fingerprint density at radius 1 is 1.47 bits per heavy atom. The molecule has 4 nitrogen and oxygen atoms in total. The summed E-state index contributed by atoms with van der Waals surface area (Å²) in [5, 5.41) is 9.06. The van der Waals surface area contributed by atoms with Crippen molar-refractivity contribution in [2.24, 2.45) is 0 Å². The molecule has 1 atom stereocenters. The zero-order chi connectivity index (χ0) is 11.3. The lowest BCUT2D eigenvalue weighted by molar-refractivity contribution is -0.139. The van der Waals surface area contributed by atoms with Crippen LogP contribution in [0.4, 0.5) is 0 Å². The summed E-state index contributed by atoms with van der Waals surface area (Å²) in [6.07, 6.45) is 3.70.